The molecule has 28 heavy (non-hydrogen) atoms. The molecular weight excluding hydrogens is 348 g/mol. The summed E-state index contributed by atoms with van der Waals surface area (Å²) < 4.78 is 0. The summed E-state index contributed by atoms with van der Waals surface area (Å²) in [4.78, 5) is 16.6. The van der Waals surface area contributed by atoms with E-state index in [4.69, 9.17) is 0 Å². The number of benzene rings is 2. The van der Waals surface area contributed by atoms with E-state index in [2.05, 4.69) is 45.0 Å². The molecule has 1 amide bonds. The first-order valence-corrected chi connectivity index (χ1v) is 9.95. The van der Waals surface area contributed by atoms with E-state index in [0.717, 1.165) is 11.1 Å². The number of likely N-dealkylation sites (N-methyl/N-ethyl adjacent to an activating group) is 1. The second-order valence-corrected chi connectivity index (χ2v) is 9.35. The average Bonchev–Trinajstić information content (AvgIpc) is 3.01. The van der Waals surface area contributed by atoms with Gasteiger partial charge in [0.25, 0.3) is 5.91 Å². The first kappa shape index (κ1) is 20.6. The minimum atomic E-state index is -0.813. The summed E-state index contributed by atoms with van der Waals surface area (Å²) in [5.41, 5.74) is 3.52. The maximum atomic E-state index is 12.9. The van der Waals surface area contributed by atoms with E-state index in [1.165, 1.54) is 5.56 Å². The Morgan fingerprint density at radius 1 is 1.11 bits per heavy atom. The zero-order valence-corrected chi connectivity index (χ0v) is 17.7. The Balaban J connectivity index is 1.74. The normalized spacial score (nSPS) is 20.0. The van der Waals surface area contributed by atoms with Crippen molar-refractivity contribution < 1.29 is 9.90 Å². The van der Waals surface area contributed by atoms with Crippen molar-refractivity contribution in [3.63, 3.8) is 0 Å². The third kappa shape index (κ3) is 4.62. The molecule has 1 fully saturated rings. The van der Waals surface area contributed by atoms with Crippen LogP contribution in [0.15, 0.2) is 48.5 Å². The summed E-state index contributed by atoms with van der Waals surface area (Å²) in [5.74, 6) is -0.00956. The third-order valence-corrected chi connectivity index (χ3v) is 5.42. The van der Waals surface area contributed by atoms with Crippen molar-refractivity contribution in [1.82, 2.24) is 9.80 Å². The van der Waals surface area contributed by atoms with Crippen LogP contribution in [0.2, 0.25) is 0 Å². The molecule has 0 unspecified atom stereocenters. The summed E-state index contributed by atoms with van der Waals surface area (Å²) in [6.45, 7) is 8.18. The van der Waals surface area contributed by atoms with E-state index >= 15 is 0 Å². The van der Waals surface area contributed by atoms with E-state index in [0.29, 0.717) is 31.6 Å². The van der Waals surface area contributed by atoms with Crippen LogP contribution in [0, 0.1) is 0 Å². The number of hydrogen-bond donors (Lipinski definition) is 1. The molecule has 1 atom stereocenters. The molecule has 4 nitrogen and oxygen atoms in total. The minimum absolute atomic E-state index is 0.00956. The minimum Gasteiger partial charge on any atom is -0.387 e. The number of hydrogen-bond acceptors (Lipinski definition) is 3. The Morgan fingerprint density at radius 2 is 1.79 bits per heavy atom. The fourth-order valence-corrected chi connectivity index (χ4v) is 3.90. The van der Waals surface area contributed by atoms with Gasteiger partial charge in [-0.1, -0.05) is 57.2 Å². The summed E-state index contributed by atoms with van der Waals surface area (Å²) in [6.07, 6.45) is 0.620. The first-order chi connectivity index (χ1) is 13.1. The average molecular weight is 381 g/mol. The van der Waals surface area contributed by atoms with Gasteiger partial charge < -0.3 is 14.9 Å². The predicted molar refractivity (Wildman–Crippen MR) is 115 cm³/mol. The standard InChI is InChI=1S/C24H32N2O2/c1-23(2,3)21-8-6-7-20(15-21)18-9-11-19(12-10-18)22(27)26-14-13-24(28,17-26)16-25(4)5/h6-12,15,28H,13-14,16-17H2,1-5H3/t24-/m0/s1. The zero-order chi connectivity index (χ0) is 20.5. The Kier molecular flexibility index (Phi) is 5.64. The van der Waals surface area contributed by atoms with Gasteiger partial charge >= 0.3 is 0 Å². The fraction of sp³-hybridized carbons (Fsp3) is 0.458. The highest BCUT2D eigenvalue weighted by molar-refractivity contribution is 5.95. The smallest absolute Gasteiger partial charge is 0.253 e. The van der Waals surface area contributed by atoms with Crippen molar-refractivity contribution in [3.8, 4) is 11.1 Å². The molecule has 150 valence electrons. The van der Waals surface area contributed by atoms with Crippen LogP contribution >= 0.6 is 0 Å². The molecule has 1 N–H and O–H groups in total. The largest absolute Gasteiger partial charge is 0.387 e. The van der Waals surface area contributed by atoms with Crippen LogP contribution in [0.3, 0.4) is 0 Å². The van der Waals surface area contributed by atoms with Crippen molar-refractivity contribution >= 4 is 5.91 Å². The molecule has 0 aromatic heterocycles. The molecular formula is C24H32N2O2. The number of aliphatic hydroxyl groups is 1. The lowest BCUT2D eigenvalue weighted by molar-refractivity contribution is 0.0236. The second-order valence-electron chi connectivity index (χ2n) is 9.35. The summed E-state index contributed by atoms with van der Waals surface area (Å²) in [5, 5.41) is 10.7. The van der Waals surface area contributed by atoms with Crippen LogP contribution in [0.4, 0.5) is 0 Å². The van der Waals surface area contributed by atoms with Gasteiger partial charge in [0.05, 0.1) is 12.1 Å². The van der Waals surface area contributed by atoms with Gasteiger partial charge in [-0.2, -0.15) is 0 Å². The highest BCUT2D eigenvalue weighted by Gasteiger charge is 2.38. The fourth-order valence-electron chi connectivity index (χ4n) is 3.90. The van der Waals surface area contributed by atoms with Crippen LogP contribution < -0.4 is 0 Å². The Labute approximate surface area is 168 Å². The third-order valence-electron chi connectivity index (χ3n) is 5.42. The Hall–Kier alpha value is -2.17. The monoisotopic (exact) mass is 380 g/mol. The van der Waals surface area contributed by atoms with Crippen LogP contribution in [-0.4, -0.2) is 60.1 Å². The van der Waals surface area contributed by atoms with Crippen molar-refractivity contribution in [1.29, 1.82) is 0 Å². The molecule has 1 aliphatic rings. The zero-order valence-electron chi connectivity index (χ0n) is 17.7. The first-order valence-electron chi connectivity index (χ1n) is 9.95. The number of rotatable bonds is 4. The molecule has 3 rings (SSSR count). The summed E-state index contributed by atoms with van der Waals surface area (Å²) >= 11 is 0. The van der Waals surface area contributed by atoms with Crippen LogP contribution in [0.1, 0.15) is 43.1 Å². The molecule has 1 saturated heterocycles. The van der Waals surface area contributed by atoms with Crippen molar-refractivity contribution in [2.45, 2.75) is 38.2 Å². The molecule has 0 spiro atoms. The van der Waals surface area contributed by atoms with Gasteiger partial charge in [-0.05, 0) is 54.8 Å². The van der Waals surface area contributed by atoms with Gasteiger partial charge in [0.15, 0.2) is 0 Å². The number of likely N-dealkylation sites (tertiary alicyclic amines) is 1. The summed E-state index contributed by atoms with van der Waals surface area (Å²) in [7, 11) is 3.88. The maximum Gasteiger partial charge on any atom is 0.253 e. The lowest BCUT2D eigenvalue weighted by Gasteiger charge is -2.26. The van der Waals surface area contributed by atoms with E-state index in [1.54, 1.807) is 4.90 Å². The van der Waals surface area contributed by atoms with Gasteiger partial charge in [-0.3, -0.25) is 4.79 Å². The Morgan fingerprint density at radius 3 is 2.39 bits per heavy atom. The number of carbonyl (C=O) groups excluding carboxylic acids is 1. The summed E-state index contributed by atoms with van der Waals surface area (Å²) in [6, 6.07) is 16.4. The second kappa shape index (κ2) is 7.69. The molecule has 0 bridgehead atoms. The van der Waals surface area contributed by atoms with Crippen LogP contribution in [0.25, 0.3) is 11.1 Å². The number of nitrogens with zero attached hydrogens (tertiary/aromatic N) is 2. The number of β-amino-alcohol motifs (C(OH)–C–C–N with tert-alkyl or cyclic N) is 1. The molecule has 0 saturated carbocycles. The van der Waals surface area contributed by atoms with Gasteiger partial charge in [0.1, 0.15) is 0 Å². The van der Waals surface area contributed by atoms with Crippen LogP contribution in [-0.2, 0) is 5.41 Å². The van der Waals surface area contributed by atoms with Crippen molar-refractivity contribution in [2.24, 2.45) is 0 Å². The number of amides is 1. The molecule has 1 aliphatic heterocycles. The van der Waals surface area contributed by atoms with Crippen molar-refractivity contribution in [3.05, 3.63) is 59.7 Å². The molecule has 1 heterocycles. The highest BCUT2D eigenvalue weighted by atomic mass is 16.3. The SMILES string of the molecule is CN(C)C[C@@]1(O)CCN(C(=O)c2ccc(-c3cccc(C(C)(C)C)c3)cc2)C1. The molecule has 2 aromatic carbocycles. The van der Waals surface area contributed by atoms with Gasteiger partial charge in [-0.15, -0.1) is 0 Å². The molecule has 4 heteroatoms. The lowest BCUT2D eigenvalue weighted by Crippen LogP contribution is -2.43. The van der Waals surface area contributed by atoms with Crippen molar-refractivity contribution in [2.75, 3.05) is 33.7 Å². The Bertz CT molecular complexity index is 836. The van der Waals surface area contributed by atoms with E-state index in [1.807, 2.05) is 43.3 Å². The molecule has 0 aliphatic carbocycles. The number of carbonyl (C=O) groups is 1. The molecule has 0 radical (unpaired) electrons. The maximum absolute atomic E-state index is 12.9. The predicted octanol–water partition coefficient (Wildman–Crippen LogP) is 3.79. The molecule has 2 aromatic rings. The highest BCUT2D eigenvalue weighted by Crippen LogP contribution is 2.28. The van der Waals surface area contributed by atoms with E-state index in [-0.39, 0.29) is 11.3 Å². The van der Waals surface area contributed by atoms with E-state index in [9.17, 15) is 9.90 Å². The van der Waals surface area contributed by atoms with Crippen LogP contribution in [0.5, 0.6) is 0 Å². The quantitative estimate of drug-likeness (QED) is 0.878. The van der Waals surface area contributed by atoms with Gasteiger partial charge in [0.2, 0.25) is 0 Å². The lowest BCUT2D eigenvalue weighted by atomic mass is 9.85. The van der Waals surface area contributed by atoms with Gasteiger partial charge in [0, 0.05) is 18.7 Å². The van der Waals surface area contributed by atoms with Gasteiger partial charge in [-0.25, -0.2) is 0 Å². The topological polar surface area (TPSA) is 43.8 Å². The van der Waals surface area contributed by atoms with E-state index < -0.39 is 5.60 Å².